The Labute approximate surface area is 129 Å². The van der Waals surface area contributed by atoms with Crippen LogP contribution in [0, 0.1) is 0 Å². The van der Waals surface area contributed by atoms with Crippen molar-refractivity contribution in [3.8, 4) is 0 Å². The second-order valence-corrected chi connectivity index (χ2v) is 6.71. The van der Waals surface area contributed by atoms with E-state index in [1.54, 1.807) is 0 Å². The van der Waals surface area contributed by atoms with E-state index in [0.717, 1.165) is 13.0 Å². The van der Waals surface area contributed by atoms with Gasteiger partial charge in [-0.2, -0.15) is 5.10 Å². The van der Waals surface area contributed by atoms with E-state index in [-0.39, 0.29) is 5.54 Å². The monoisotopic (exact) mass is 292 g/mol. The third kappa shape index (κ3) is 3.67. The van der Waals surface area contributed by atoms with Gasteiger partial charge in [0.1, 0.15) is 0 Å². The van der Waals surface area contributed by atoms with Crippen LogP contribution in [0.1, 0.15) is 63.6 Å². The fraction of sp³-hybridized carbons (Fsp3) is 0.824. The Hall–Kier alpha value is -0.870. The first-order valence-electron chi connectivity index (χ1n) is 8.50. The number of hydrogen-bond donors (Lipinski definition) is 1. The normalized spacial score (nSPS) is 20.4. The first-order valence-corrected chi connectivity index (χ1v) is 8.50. The quantitative estimate of drug-likeness (QED) is 0.818. The molecular weight excluding hydrogens is 260 g/mol. The van der Waals surface area contributed by atoms with E-state index in [4.69, 9.17) is 5.10 Å². The Morgan fingerprint density at radius 1 is 1.29 bits per heavy atom. The molecule has 1 unspecified atom stereocenters. The zero-order chi connectivity index (χ0) is 15.3. The highest BCUT2D eigenvalue weighted by Gasteiger charge is 2.42. The summed E-state index contributed by atoms with van der Waals surface area (Å²) in [6.45, 7) is 3.29. The van der Waals surface area contributed by atoms with Crippen molar-refractivity contribution in [2.75, 3.05) is 20.6 Å². The molecule has 0 amide bonds. The smallest absolute Gasteiger partial charge is 0.0812 e. The Morgan fingerprint density at radius 2 is 1.95 bits per heavy atom. The summed E-state index contributed by atoms with van der Waals surface area (Å²) in [5.74, 6) is 0. The fourth-order valence-electron chi connectivity index (χ4n) is 3.78. The molecule has 0 saturated heterocycles. The van der Waals surface area contributed by atoms with Gasteiger partial charge in [-0.25, -0.2) is 0 Å². The summed E-state index contributed by atoms with van der Waals surface area (Å²) in [6, 6.07) is 2.51. The Bertz CT molecular complexity index is 416. The average Bonchev–Trinajstić information content (AvgIpc) is 2.74. The molecule has 2 rings (SSSR count). The molecule has 1 heterocycles. The van der Waals surface area contributed by atoms with Gasteiger partial charge < -0.3 is 10.2 Å². The predicted molar refractivity (Wildman–Crippen MR) is 88.4 cm³/mol. The van der Waals surface area contributed by atoms with Crippen LogP contribution in [0.15, 0.2) is 12.3 Å². The van der Waals surface area contributed by atoms with Gasteiger partial charge in [0.15, 0.2) is 0 Å². The summed E-state index contributed by atoms with van der Waals surface area (Å²) in [5.41, 5.74) is 1.39. The first-order chi connectivity index (χ1) is 10.1. The second-order valence-electron chi connectivity index (χ2n) is 6.71. The van der Waals surface area contributed by atoms with Crippen LogP contribution >= 0.6 is 0 Å². The van der Waals surface area contributed by atoms with E-state index in [1.165, 1.54) is 44.2 Å². The van der Waals surface area contributed by atoms with Gasteiger partial charge in [-0.15, -0.1) is 0 Å². The molecule has 0 bridgehead atoms. The van der Waals surface area contributed by atoms with E-state index >= 15 is 0 Å². The summed E-state index contributed by atoms with van der Waals surface area (Å²) in [5, 5.41) is 8.53. The molecule has 0 aliphatic heterocycles. The highest BCUT2D eigenvalue weighted by atomic mass is 15.3. The minimum atomic E-state index is 0.194. The van der Waals surface area contributed by atoms with Crippen molar-refractivity contribution in [2.24, 2.45) is 7.05 Å². The number of likely N-dealkylation sites (N-methyl/N-ethyl adjacent to an activating group) is 1. The third-order valence-corrected chi connectivity index (χ3v) is 5.03. The van der Waals surface area contributed by atoms with Crippen LogP contribution in [0.3, 0.4) is 0 Å². The number of nitrogens with zero attached hydrogens (tertiary/aromatic N) is 3. The van der Waals surface area contributed by atoms with Gasteiger partial charge in [0.25, 0.3) is 0 Å². The fourth-order valence-corrected chi connectivity index (χ4v) is 3.78. The minimum Gasteiger partial charge on any atom is -0.307 e. The van der Waals surface area contributed by atoms with E-state index < -0.39 is 0 Å². The van der Waals surface area contributed by atoms with Crippen LogP contribution in [0.25, 0.3) is 0 Å². The predicted octanol–water partition coefficient (Wildman–Crippen LogP) is 3.12. The van der Waals surface area contributed by atoms with Crippen molar-refractivity contribution in [1.82, 2.24) is 20.0 Å². The lowest BCUT2D eigenvalue weighted by atomic mass is 9.79. The van der Waals surface area contributed by atoms with Crippen molar-refractivity contribution in [3.63, 3.8) is 0 Å². The summed E-state index contributed by atoms with van der Waals surface area (Å²) in [6.07, 6.45) is 11.2. The molecule has 21 heavy (non-hydrogen) atoms. The van der Waals surface area contributed by atoms with Gasteiger partial charge in [0.05, 0.1) is 11.7 Å². The van der Waals surface area contributed by atoms with Gasteiger partial charge in [-0.3, -0.25) is 4.68 Å². The van der Waals surface area contributed by atoms with Crippen molar-refractivity contribution in [3.05, 3.63) is 18.0 Å². The molecule has 1 atom stereocenters. The molecule has 4 nitrogen and oxygen atoms in total. The molecule has 1 aromatic heterocycles. The van der Waals surface area contributed by atoms with Gasteiger partial charge in [-0.1, -0.05) is 32.6 Å². The molecule has 4 heteroatoms. The first kappa shape index (κ1) is 16.5. The molecular formula is C17H32N4. The highest BCUT2D eigenvalue weighted by Crippen LogP contribution is 2.40. The van der Waals surface area contributed by atoms with Crippen LogP contribution < -0.4 is 5.32 Å². The van der Waals surface area contributed by atoms with E-state index in [2.05, 4.69) is 43.5 Å². The number of nitrogens with one attached hydrogen (secondary N) is 1. The summed E-state index contributed by atoms with van der Waals surface area (Å²) in [4.78, 5) is 2.46. The van der Waals surface area contributed by atoms with Crippen molar-refractivity contribution < 1.29 is 0 Å². The average molecular weight is 292 g/mol. The number of rotatable bonds is 6. The van der Waals surface area contributed by atoms with Gasteiger partial charge in [-0.05, 0) is 46.0 Å². The van der Waals surface area contributed by atoms with E-state index in [0.29, 0.717) is 6.04 Å². The molecule has 1 aliphatic carbocycles. The molecule has 1 aliphatic rings. The summed E-state index contributed by atoms with van der Waals surface area (Å²) < 4.78 is 1.93. The molecule has 1 saturated carbocycles. The summed E-state index contributed by atoms with van der Waals surface area (Å²) in [7, 11) is 6.50. The van der Waals surface area contributed by atoms with E-state index in [1.807, 2.05) is 11.7 Å². The molecule has 1 aromatic rings. The van der Waals surface area contributed by atoms with Gasteiger partial charge in [0.2, 0.25) is 0 Å². The minimum absolute atomic E-state index is 0.194. The molecule has 1 fully saturated rings. The number of hydrogen-bond acceptors (Lipinski definition) is 3. The van der Waals surface area contributed by atoms with Crippen LogP contribution in [0.4, 0.5) is 0 Å². The third-order valence-electron chi connectivity index (χ3n) is 5.03. The Kier molecular flexibility index (Phi) is 5.82. The zero-order valence-electron chi connectivity index (χ0n) is 14.2. The molecule has 0 radical (unpaired) electrons. The molecule has 120 valence electrons. The Morgan fingerprint density at radius 3 is 2.43 bits per heavy atom. The van der Waals surface area contributed by atoms with Crippen molar-refractivity contribution >= 4 is 0 Å². The second kappa shape index (κ2) is 7.41. The molecule has 0 aromatic carbocycles. The lowest BCUT2D eigenvalue weighted by molar-refractivity contribution is 0.0779. The van der Waals surface area contributed by atoms with Crippen LogP contribution in [-0.4, -0.2) is 40.9 Å². The lowest BCUT2D eigenvalue weighted by Gasteiger charge is -2.45. The van der Waals surface area contributed by atoms with Gasteiger partial charge >= 0.3 is 0 Å². The maximum atomic E-state index is 4.72. The van der Waals surface area contributed by atoms with Crippen molar-refractivity contribution in [2.45, 2.75) is 63.5 Å². The zero-order valence-corrected chi connectivity index (χ0v) is 14.2. The van der Waals surface area contributed by atoms with Gasteiger partial charge in [0, 0.05) is 18.8 Å². The molecule has 0 spiro atoms. The van der Waals surface area contributed by atoms with E-state index in [9.17, 15) is 0 Å². The SMILES string of the molecule is CCCNC(c1ccn(C)n1)C1(N(C)C)CCCCCC1. The van der Waals surface area contributed by atoms with Crippen LogP contribution in [0.5, 0.6) is 0 Å². The Balaban J connectivity index is 2.34. The largest absolute Gasteiger partial charge is 0.307 e. The van der Waals surface area contributed by atoms with Crippen LogP contribution in [-0.2, 0) is 7.05 Å². The summed E-state index contributed by atoms with van der Waals surface area (Å²) >= 11 is 0. The molecule has 1 N–H and O–H groups in total. The number of aromatic nitrogens is 2. The topological polar surface area (TPSA) is 33.1 Å². The standard InChI is InChI=1S/C17H32N4/c1-5-13-18-16(15-10-14-21(4)19-15)17(20(2)3)11-8-6-7-9-12-17/h10,14,16,18H,5-9,11-13H2,1-4H3. The lowest BCUT2D eigenvalue weighted by Crippen LogP contribution is -2.54. The van der Waals surface area contributed by atoms with Crippen molar-refractivity contribution in [1.29, 1.82) is 0 Å². The van der Waals surface area contributed by atoms with Crippen LogP contribution in [0.2, 0.25) is 0 Å². The number of aryl methyl sites for hydroxylation is 1. The maximum absolute atomic E-state index is 4.72. The maximum Gasteiger partial charge on any atom is 0.0812 e. The highest BCUT2D eigenvalue weighted by molar-refractivity contribution is 5.15.